The van der Waals surface area contributed by atoms with Gasteiger partial charge in [-0.25, -0.2) is 0 Å². The highest BCUT2D eigenvalue weighted by Crippen LogP contribution is 2.31. The summed E-state index contributed by atoms with van der Waals surface area (Å²) in [6.07, 6.45) is 6.28. The Bertz CT molecular complexity index is 1310. The summed E-state index contributed by atoms with van der Waals surface area (Å²) < 4.78 is 0. The normalized spacial score (nSPS) is 11.2. The molecule has 5 aromatic rings. The predicted octanol–water partition coefficient (Wildman–Crippen LogP) is 5.50. The van der Waals surface area contributed by atoms with Gasteiger partial charge in [-0.1, -0.05) is 31.7 Å². The quantitative estimate of drug-likeness (QED) is 0.376. The van der Waals surface area contributed by atoms with Crippen LogP contribution in [0.2, 0.25) is 0 Å². The predicted molar refractivity (Wildman–Crippen MR) is 117 cm³/mol. The van der Waals surface area contributed by atoms with Gasteiger partial charge in [0.25, 0.3) is 0 Å². The van der Waals surface area contributed by atoms with E-state index in [0.717, 1.165) is 62.3 Å². The first-order chi connectivity index (χ1) is 14.2. The van der Waals surface area contributed by atoms with Gasteiger partial charge >= 0.3 is 0 Å². The summed E-state index contributed by atoms with van der Waals surface area (Å²) in [5.74, 6) is 0. The third-order valence-electron chi connectivity index (χ3n) is 5.01. The zero-order valence-corrected chi connectivity index (χ0v) is 16.0. The van der Waals surface area contributed by atoms with Gasteiger partial charge in [-0.05, 0) is 30.7 Å². The van der Waals surface area contributed by atoms with Crippen LogP contribution in [0.15, 0.2) is 73.3 Å². The molecule has 6 nitrogen and oxygen atoms in total. The minimum Gasteiger partial charge on any atom is -0.358 e. The second-order valence-corrected chi connectivity index (χ2v) is 7.00. The molecule has 0 atom stereocenters. The topological polar surface area (TPSA) is 82.3 Å². The number of rotatable bonds is 5. The molecule has 0 unspecified atom stereocenters. The molecule has 3 N–H and O–H groups in total. The van der Waals surface area contributed by atoms with Crippen LogP contribution in [-0.2, 0) is 0 Å². The minimum absolute atomic E-state index is 0.842. The fourth-order valence-corrected chi connectivity index (χ4v) is 3.42. The number of H-pyrrole nitrogens is 2. The summed E-state index contributed by atoms with van der Waals surface area (Å²) in [4.78, 5) is 12.4. The van der Waals surface area contributed by atoms with Gasteiger partial charge in [0.15, 0.2) is 0 Å². The first-order valence-electron chi connectivity index (χ1n) is 9.54. The van der Waals surface area contributed by atoms with Crippen LogP contribution in [0.4, 0.5) is 5.69 Å². The maximum absolute atomic E-state index is 4.60. The van der Waals surface area contributed by atoms with E-state index in [9.17, 15) is 0 Å². The lowest BCUT2D eigenvalue weighted by Gasteiger charge is -2.08. The minimum atomic E-state index is 0.842. The number of nitrogens with zero attached hydrogens (tertiary/aromatic N) is 3. The zero-order valence-electron chi connectivity index (χ0n) is 16.0. The highest BCUT2D eigenvalue weighted by molar-refractivity contribution is 5.96. The molecule has 4 heterocycles. The van der Waals surface area contributed by atoms with E-state index in [-0.39, 0.29) is 0 Å². The molecular weight excluding hydrogens is 360 g/mol. The monoisotopic (exact) mass is 380 g/mol. The largest absolute Gasteiger partial charge is 0.358 e. The Labute approximate surface area is 167 Å². The van der Waals surface area contributed by atoms with E-state index in [1.807, 2.05) is 30.6 Å². The lowest BCUT2D eigenvalue weighted by Crippen LogP contribution is -1.97. The van der Waals surface area contributed by atoms with Crippen molar-refractivity contribution in [2.24, 2.45) is 0 Å². The van der Waals surface area contributed by atoms with E-state index in [1.165, 1.54) is 0 Å². The Kier molecular flexibility index (Phi) is 4.09. The smallest absolute Gasteiger partial charge is 0.116 e. The summed E-state index contributed by atoms with van der Waals surface area (Å²) in [5.41, 5.74) is 7.46. The number of hydrogen-bond donors (Lipinski definition) is 3. The molecule has 0 aliphatic heterocycles. The number of para-hydroxylation sites is 1. The van der Waals surface area contributed by atoms with Crippen LogP contribution in [0.5, 0.6) is 0 Å². The van der Waals surface area contributed by atoms with Crippen molar-refractivity contribution < 1.29 is 0 Å². The molecule has 0 fully saturated rings. The fraction of sp³-hybridized carbons (Fsp3) is 0.0870. The third-order valence-corrected chi connectivity index (χ3v) is 5.01. The summed E-state index contributed by atoms with van der Waals surface area (Å²) in [7, 11) is 0. The van der Waals surface area contributed by atoms with E-state index >= 15 is 0 Å². The lowest BCUT2D eigenvalue weighted by molar-refractivity contribution is 1.11. The number of pyridine rings is 2. The van der Waals surface area contributed by atoms with Gasteiger partial charge in [-0.15, -0.1) is 0 Å². The van der Waals surface area contributed by atoms with Crippen LogP contribution in [0.3, 0.4) is 0 Å². The molecule has 6 heteroatoms. The second-order valence-electron chi connectivity index (χ2n) is 7.00. The van der Waals surface area contributed by atoms with Crippen molar-refractivity contribution >= 4 is 27.5 Å². The Hall–Kier alpha value is -3.93. The first-order valence-corrected chi connectivity index (χ1v) is 9.54. The number of anilines is 1. The number of nitrogens with one attached hydrogen (secondary N) is 3. The van der Waals surface area contributed by atoms with Crippen molar-refractivity contribution in [2.75, 3.05) is 5.32 Å². The van der Waals surface area contributed by atoms with Crippen molar-refractivity contribution in [2.45, 2.75) is 13.3 Å². The molecule has 142 valence electrons. The Morgan fingerprint density at radius 1 is 1.07 bits per heavy atom. The average molecular weight is 380 g/mol. The summed E-state index contributed by atoms with van der Waals surface area (Å²) in [6.45, 7) is 6.06. The van der Waals surface area contributed by atoms with E-state index in [1.54, 1.807) is 6.20 Å². The van der Waals surface area contributed by atoms with Gasteiger partial charge < -0.3 is 10.3 Å². The van der Waals surface area contributed by atoms with Gasteiger partial charge in [-0.3, -0.25) is 15.1 Å². The lowest BCUT2D eigenvalue weighted by atomic mass is 10.1. The van der Waals surface area contributed by atoms with E-state index < -0.39 is 0 Å². The van der Waals surface area contributed by atoms with E-state index in [0.29, 0.717) is 0 Å². The number of allylic oxidation sites excluding steroid dienone is 1. The average Bonchev–Trinajstić information content (AvgIpc) is 3.37. The second kappa shape index (κ2) is 6.91. The van der Waals surface area contributed by atoms with Gasteiger partial charge in [0, 0.05) is 33.7 Å². The van der Waals surface area contributed by atoms with Crippen LogP contribution in [0.25, 0.3) is 44.5 Å². The maximum atomic E-state index is 4.60. The number of aromatic amines is 2. The molecule has 4 aromatic heterocycles. The first kappa shape index (κ1) is 17.2. The molecule has 0 aliphatic carbocycles. The molecule has 0 spiro atoms. The van der Waals surface area contributed by atoms with E-state index in [4.69, 9.17) is 0 Å². The number of benzene rings is 1. The summed E-state index contributed by atoms with van der Waals surface area (Å²) in [5, 5.41) is 13.1. The van der Waals surface area contributed by atoms with Crippen molar-refractivity contribution in [1.29, 1.82) is 0 Å². The van der Waals surface area contributed by atoms with Crippen molar-refractivity contribution in [3.8, 4) is 22.6 Å². The summed E-state index contributed by atoms with van der Waals surface area (Å²) in [6, 6.07) is 14.4. The van der Waals surface area contributed by atoms with Gasteiger partial charge in [0.05, 0.1) is 35.0 Å². The fourth-order valence-electron chi connectivity index (χ4n) is 3.42. The van der Waals surface area contributed by atoms with Crippen molar-refractivity contribution in [1.82, 2.24) is 25.1 Å². The highest BCUT2D eigenvalue weighted by atomic mass is 15.1. The molecule has 5 rings (SSSR count). The van der Waals surface area contributed by atoms with Crippen LogP contribution >= 0.6 is 0 Å². The van der Waals surface area contributed by atoms with Crippen LogP contribution in [-0.4, -0.2) is 25.1 Å². The standard InChI is InChI=1S/C23H20N6/c1-3-14(2)26-17-8-16(11-24-12-17)20-10-18-22(13-25-20)28-29-23(18)21-9-15-6-4-5-7-19(15)27-21/h4-13,26-27H,2-3H2,1H3,(H,28,29). The number of aromatic nitrogens is 5. The van der Waals surface area contributed by atoms with Gasteiger partial charge in [-0.2, -0.15) is 5.10 Å². The van der Waals surface area contributed by atoms with Gasteiger partial charge in [0.1, 0.15) is 5.69 Å². The summed E-state index contributed by atoms with van der Waals surface area (Å²) >= 11 is 0. The zero-order chi connectivity index (χ0) is 19.8. The van der Waals surface area contributed by atoms with Crippen LogP contribution in [0, 0.1) is 0 Å². The molecule has 0 saturated heterocycles. The Morgan fingerprint density at radius 3 is 2.83 bits per heavy atom. The third kappa shape index (κ3) is 3.14. The molecular formula is C23H20N6. The van der Waals surface area contributed by atoms with Crippen molar-refractivity contribution in [3.05, 3.63) is 73.3 Å². The van der Waals surface area contributed by atoms with Crippen LogP contribution in [0.1, 0.15) is 13.3 Å². The maximum Gasteiger partial charge on any atom is 0.116 e. The molecule has 0 saturated carbocycles. The molecule has 0 bridgehead atoms. The number of fused-ring (bicyclic) bond motifs is 2. The van der Waals surface area contributed by atoms with Gasteiger partial charge in [0.2, 0.25) is 0 Å². The van der Waals surface area contributed by atoms with Crippen LogP contribution < -0.4 is 5.32 Å². The molecule has 29 heavy (non-hydrogen) atoms. The molecule has 0 radical (unpaired) electrons. The molecule has 0 amide bonds. The molecule has 1 aromatic carbocycles. The molecule has 0 aliphatic rings. The Morgan fingerprint density at radius 2 is 1.97 bits per heavy atom. The Balaban J connectivity index is 1.58. The SMILES string of the molecule is C=C(CC)Nc1cncc(-c2cc3c(-c4cc5ccccc5[nH]4)n[nH]c3cn2)c1. The number of hydrogen-bond acceptors (Lipinski definition) is 4. The highest BCUT2D eigenvalue weighted by Gasteiger charge is 2.13. The van der Waals surface area contributed by atoms with E-state index in [2.05, 4.69) is 68.2 Å². The van der Waals surface area contributed by atoms with Crippen molar-refractivity contribution in [3.63, 3.8) is 0 Å².